The first-order valence-corrected chi connectivity index (χ1v) is 12.1. The van der Waals surface area contributed by atoms with Gasteiger partial charge in [0.05, 0.1) is 21.3 Å². The molecule has 0 aromatic heterocycles. The van der Waals surface area contributed by atoms with Crippen LogP contribution < -0.4 is 4.72 Å². The molecule has 0 aromatic rings. The highest BCUT2D eigenvalue weighted by Gasteiger charge is 2.33. The predicted molar refractivity (Wildman–Crippen MR) is 92.5 cm³/mol. The summed E-state index contributed by atoms with van der Waals surface area (Å²) < 4.78 is 15.5. The highest BCUT2D eigenvalue weighted by molar-refractivity contribution is 7.84. The van der Waals surface area contributed by atoms with Crippen molar-refractivity contribution in [2.45, 2.75) is 76.4 Å². The highest BCUT2D eigenvalue weighted by atomic mass is 32.2. The third-order valence-electron chi connectivity index (χ3n) is 3.15. The third kappa shape index (κ3) is 5.95. The molecule has 0 spiro atoms. The maximum Gasteiger partial charge on any atom is 0.129 e. The molecule has 0 saturated carbocycles. The van der Waals surface area contributed by atoms with Crippen molar-refractivity contribution in [2.75, 3.05) is 0 Å². The predicted octanol–water partition coefficient (Wildman–Crippen LogP) is 3.79. The fourth-order valence-electron chi connectivity index (χ4n) is 2.00. The minimum absolute atomic E-state index is 0.205. The molecule has 0 fully saturated rings. The lowest BCUT2D eigenvalue weighted by molar-refractivity contribution is 0.422. The summed E-state index contributed by atoms with van der Waals surface area (Å²) in [5, 5.41) is 0. The second-order valence-electron chi connectivity index (χ2n) is 7.66. The average molecular weight is 312 g/mol. The Morgan fingerprint density at radius 3 is 2.45 bits per heavy atom. The molecule has 1 unspecified atom stereocenters. The van der Waals surface area contributed by atoms with Gasteiger partial charge in [-0.25, -0.2) is 8.93 Å². The van der Waals surface area contributed by atoms with Crippen molar-refractivity contribution < 1.29 is 4.21 Å². The molecule has 0 heterocycles. The zero-order chi connectivity index (χ0) is 15.4. The molecule has 1 aliphatic carbocycles. The van der Waals surface area contributed by atoms with E-state index >= 15 is 0 Å². The van der Waals surface area contributed by atoms with Crippen LogP contribution in [0.2, 0.25) is 19.6 Å². The Bertz CT molecular complexity index is 448. The van der Waals surface area contributed by atoms with Gasteiger partial charge in [-0.1, -0.05) is 31.8 Å². The van der Waals surface area contributed by atoms with Gasteiger partial charge in [-0.15, -0.1) is 11.5 Å². The first-order valence-electron chi connectivity index (χ1n) is 7.42. The van der Waals surface area contributed by atoms with Crippen LogP contribution in [-0.4, -0.2) is 22.6 Å². The van der Waals surface area contributed by atoms with Crippen LogP contribution in [0.4, 0.5) is 0 Å². The van der Waals surface area contributed by atoms with Crippen LogP contribution in [0.15, 0.2) is 12.2 Å². The van der Waals surface area contributed by atoms with Gasteiger partial charge in [0, 0.05) is 6.42 Å². The van der Waals surface area contributed by atoms with Gasteiger partial charge in [-0.05, 0) is 40.0 Å². The van der Waals surface area contributed by atoms with Crippen LogP contribution in [0.5, 0.6) is 0 Å². The largest absolute Gasteiger partial charge is 0.242 e. The van der Waals surface area contributed by atoms with Crippen LogP contribution in [0.25, 0.3) is 0 Å². The Labute approximate surface area is 128 Å². The van der Waals surface area contributed by atoms with E-state index in [-0.39, 0.29) is 10.3 Å². The maximum absolute atomic E-state index is 12.4. The van der Waals surface area contributed by atoms with E-state index < -0.39 is 19.1 Å². The van der Waals surface area contributed by atoms with Gasteiger partial charge in [0.15, 0.2) is 0 Å². The summed E-state index contributed by atoms with van der Waals surface area (Å²) in [6, 6.07) is 0. The maximum atomic E-state index is 12.4. The quantitative estimate of drug-likeness (QED) is 0.479. The van der Waals surface area contributed by atoms with Crippen molar-refractivity contribution >= 4 is 19.1 Å². The summed E-state index contributed by atoms with van der Waals surface area (Å²) in [5.74, 6) is 3.36. The van der Waals surface area contributed by atoms with Crippen LogP contribution in [0.3, 0.4) is 0 Å². The van der Waals surface area contributed by atoms with Gasteiger partial charge in [0.1, 0.15) is 8.07 Å². The Morgan fingerprint density at radius 2 is 2.00 bits per heavy atom. The fourth-order valence-corrected chi connectivity index (χ4v) is 3.54. The second kappa shape index (κ2) is 6.59. The molecule has 0 saturated heterocycles. The van der Waals surface area contributed by atoms with E-state index in [1.54, 1.807) is 0 Å². The Kier molecular flexibility index (Phi) is 5.83. The van der Waals surface area contributed by atoms with Gasteiger partial charge in [-0.2, -0.15) is 0 Å². The van der Waals surface area contributed by atoms with Crippen molar-refractivity contribution in [3.8, 4) is 11.5 Å². The minimum atomic E-state index is -1.34. The first-order chi connectivity index (χ1) is 9.04. The van der Waals surface area contributed by atoms with Gasteiger partial charge in [0.25, 0.3) is 0 Å². The summed E-state index contributed by atoms with van der Waals surface area (Å²) in [4.78, 5) is 0. The lowest BCUT2D eigenvalue weighted by Crippen LogP contribution is -2.49. The lowest BCUT2D eigenvalue weighted by Gasteiger charge is -2.35. The average Bonchev–Trinajstić information content (AvgIpc) is 2.27. The van der Waals surface area contributed by atoms with Gasteiger partial charge < -0.3 is 0 Å². The first kappa shape index (κ1) is 17.7. The fraction of sp³-hybridized carbons (Fsp3) is 0.750. The van der Waals surface area contributed by atoms with E-state index in [4.69, 9.17) is 0 Å². The van der Waals surface area contributed by atoms with Crippen LogP contribution in [0, 0.1) is 11.5 Å². The molecule has 0 amide bonds. The van der Waals surface area contributed by atoms with E-state index in [2.05, 4.69) is 48.0 Å². The van der Waals surface area contributed by atoms with Crippen molar-refractivity contribution in [3.63, 3.8) is 0 Å². The number of nitrogens with one attached hydrogen (secondary N) is 1. The molecule has 1 N–H and O–H groups in total. The molecular formula is C16H29NOSSi. The molecular weight excluding hydrogens is 282 g/mol. The van der Waals surface area contributed by atoms with Gasteiger partial charge in [-0.3, -0.25) is 0 Å². The highest BCUT2D eigenvalue weighted by Crippen LogP contribution is 2.27. The van der Waals surface area contributed by atoms with Gasteiger partial charge >= 0.3 is 0 Å². The van der Waals surface area contributed by atoms with Crippen LogP contribution in [-0.2, 0) is 11.0 Å². The number of rotatable bonds is 3. The molecule has 1 rings (SSSR count). The summed E-state index contributed by atoms with van der Waals surface area (Å²) in [5.41, 5.74) is 3.22. The van der Waals surface area contributed by atoms with E-state index in [0.29, 0.717) is 0 Å². The van der Waals surface area contributed by atoms with Crippen molar-refractivity contribution in [3.05, 3.63) is 12.2 Å². The second-order valence-corrected chi connectivity index (χ2v) is 14.4. The van der Waals surface area contributed by atoms with Crippen LogP contribution in [0.1, 0.15) is 46.5 Å². The molecule has 0 bridgehead atoms. The van der Waals surface area contributed by atoms with Crippen LogP contribution >= 0.6 is 0 Å². The Morgan fingerprint density at radius 1 is 1.35 bits per heavy atom. The molecule has 1 aliphatic rings. The lowest BCUT2D eigenvalue weighted by atomic mass is 9.86. The third-order valence-corrected chi connectivity index (χ3v) is 5.78. The minimum Gasteiger partial charge on any atom is -0.242 e. The standard InChI is InChI=1S/C16H29NOSSi/c1-15(2,3)19(18)17-16(11-8-7-9-12-16)13-10-14-20(4,5)6/h8,11,17H,7,9,12-13H2,1-6H3/t16-,19?/m0/s1. The zero-order valence-electron chi connectivity index (χ0n) is 13.8. The van der Waals surface area contributed by atoms with E-state index in [1.165, 1.54) is 0 Å². The molecule has 0 aliphatic heterocycles. The SMILES string of the molecule is CC(C)(C)S(=O)N[C@@]1(CC#C[Si](C)(C)C)C=CCCC1. The van der Waals surface area contributed by atoms with Crippen molar-refractivity contribution in [1.29, 1.82) is 0 Å². The molecule has 0 aromatic carbocycles. The molecule has 2 atom stereocenters. The topological polar surface area (TPSA) is 29.1 Å². The summed E-state index contributed by atoms with van der Waals surface area (Å²) in [6.45, 7) is 12.8. The summed E-state index contributed by atoms with van der Waals surface area (Å²) >= 11 is 0. The summed E-state index contributed by atoms with van der Waals surface area (Å²) in [7, 11) is -2.40. The Balaban J connectivity index is 2.88. The number of hydrogen-bond donors (Lipinski definition) is 1. The smallest absolute Gasteiger partial charge is 0.129 e. The monoisotopic (exact) mass is 311 g/mol. The van der Waals surface area contributed by atoms with E-state index in [1.807, 2.05) is 20.8 Å². The van der Waals surface area contributed by atoms with Crippen molar-refractivity contribution in [1.82, 2.24) is 4.72 Å². The summed E-state index contributed by atoms with van der Waals surface area (Å²) in [6.07, 6.45) is 8.43. The molecule has 2 nitrogen and oxygen atoms in total. The molecule has 114 valence electrons. The van der Waals surface area contributed by atoms with Gasteiger partial charge in [0.2, 0.25) is 0 Å². The number of hydrogen-bond acceptors (Lipinski definition) is 1. The molecule has 20 heavy (non-hydrogen) atoms. The van der Waals surface area contributed by atoms with E-state index in [9.17, 15) is 4.21 Å². The van der Waals surface area contributed by atoms with Crippen molar-refractivity contribution in [2.24, 2.45) is 0 Å². The molecule has 0 radical (unpaired) electrons. The zero-order valence-corrected chi connectivity index (χ0v) is 15.6. The number of allylic oxidation sites excluding steroid dienone is 1. The van der Waals surface area contributed by atoms with E-state index in [0.717, 1.165) is 25.7 Å². The Hall–Kier alpha value is -0.373. The normalized spacial score (nSPS) is 24.9. The molecule has 4 heteroatoms.